The molecule has 0 aliphatic heterocycles. The van der Waals surface area contributed by atoms with Crippen molar-refractivity contribution in [1.82, 2.24) is 0 Å². The molecule has 3 nitrogen and oxygen atoms in total. The highest BCUT2D eigenvalue weighted by Gasteiger charge is 2.10. The van der Waals surface area contributed by atoms with E-state index in [-0.39, 0.29) is 5.71 Å². The lowest BCUT2D eigenvalue weighted by Gasteiger charge is -1.99. The van der Waals surface area contributed by atoms with Crippen LogP contribution in [-0.2, 0) is 4.79 Å². The minimum Gasteiger partial charge on any atom is -0.477 e. The third-order valence-corrected chi connectivity index (χ3v) is 1.18. The van der Waals surface area contributed by atoms with E-state index in [0.29, 0.717) is 12.0 Å². The molecule has 0 heterocycles. The highest BCUT2D eigenvalue weighted by molar-refractivity contribution is 6.42. The maximum atomic E-state index is 10.5. The predicted octanol–water partition coefficient (Wildman–Crippen LogP) is 1.62. The fourth-order valence-corrected chi connectivity index (χ4v) is 0.556. The van der Waals surface area contributed by atoms with Gasteiger partial charge in [0, 0.05) is 6.20 Å². The summed E-state index contributed by atoms with van der Waals surface area (Å²) in [6.45, 7) is 8.68. The summed E-state index contributed by atoms with van der Waals surface area (Å²) in [5, 5.41) is 8.57. The van der Waals surface area contributed by atoms with Crippen molar-refractivity contribution in [3.8, 4) is 0 Å². The van der Waals surface area contributed by atoms with Gasteiger partial charge in [0.05, 0.1) is 0 Å². The van der Waals surface area contributed by atoms with Gasteiger partial charge >= 0.3 is 5.97 Å². The van der Waals surface area contributed by atoms with Crippen LogP contribution in [0.15, 0.2) is 29.9 Å². The van der Waals surface area contributed by atoms with Crippen molar-refractivity contribution in [3.63, 3.8) is 0 Å². The van der Waals surface area contributed by atoms with Gasteiger partial charge in [0.15, 0.2) is 5.71 Å². The molecule has 0 bridgehead atoms. The molecule has 3 heteroatoms. The smallest absolute Gasteiger partial charge is 0.354 e. The van der Waals surface area contributed by atoms with Gasteiger partial charge in [-0.15, -0.1) is 0 Å². The number of carbonyl (C=O) groups is 1. The van der Waals surface area contributed by atoms with Gasteiger partial charge in [-0.25, -0.2) is 9.79 Å². The van der Waals surface area contributed by atoms with E-state index in [2.05, 4.69) is 18.2 Å². The second kappa shape index (κ2) is 4.44. The first-order valence-electron chi connectivity index (χ1n) is 3.23. The first-order valence-corrected chi connectivity index (χ1v) is 3.23. The number of rotatable bonds is 4. The van der Waals surface area contributed by atoms with Crippen molar-refractivity contribution in [1.29, 1.82) is 0 Å². The summed E-state index contributed by atoms with van der Waals surface area (Å²) in [5.74, 6) is -1.06. The van der Waals surface area contributed by atoms with Gasteiger partial charge in [-0.05, 0) is 12.0 Å². The highest BCUT2D eigenvalue weighted by Crippen LogP contribution is 2.00. The molecule has 11 heavy (non-hydrogen) atoms. The third kappa shape index (κ3) is 2.80. The SMILES string of the molecule is C=CN=C(C(=C)CC)C(=O)O. The number of aliphatic carboxylic acids is 1. The maximum absolute atomic E-state index is 10.5. The number of carboxylic acids is 1. The fourth-order valence-electron chi connectivity index (χ4n) is 0.556. The Morgan fingerprint density at radius 1 is 1.73 bits per heavy atom. The van der Waals surface area contributed by atoms with Crippen LogP contribution in [0.4, 0.5) is 0 Å². The minimum absolute atomic E-state index is 0.0116. The van der Waals surface area contributed by atoms with Crippen LogP contribution in [0.1, 0.15) is 13.3 Å². The predicted molar refractivity (Wildman–Crippen MR) is 44.7 cm³/mol. The molecule has 0 radical (unpaired) electrons. The Morgan fingerprint density at radius 2 is 2.27 bits per heavy atom. The van der Waals surface area contributed by atoms with Gasteiger partial charge in [0.1, 0.15) is 0 Å². The summed E-state index contributed by atoms with van der Waals surface area (Å²) in [5.41, 5.74) is 0.500. The summed E-state index contributed by atoms with van der Waals surface area (Å²) < 4.78 is 0. The van der Waals surface area contributed by atoms with E-state index in [4.69, 9.17) is 5.11 Å². The second-order valence-electron chi connectivity index (χ2n) is 1.92. The highest BCUT2D eigenvalue weighted by atomic mass is 16.4. The van der Waals surface area contributed by atoms with E-state index in [1.807, 2.05) is 6.92 Å². The van der Waals surface area contributed by atoms with E-state index >= 15 is 0 Å². The zero-order chi connectivity index (χ0) is 8.85. The number of nitrogens with zero attached hydrogens (tertiary/aromatic N) is 1. The third-order valence-electron chi connectivity index (χ3n) is 1.18. The van der Waals surface area contributed by atoms with Crippen molar-refractivity contribution >= 4 is 11.7 Å². The van der Waals surface area contributed by atoms with Gasteiger partial charge in [0.2, 0.25) is 0 Å². The molecule has 0 aromatic rings. The van der Waals surface area contributed by atoms with Crippen LogP contribution in [0.2, 0.25) is 0 Å². The standard InChI is InChI=1S/C8H11NO2/c1-4-6(3)7(8(10)11)9-5-2/h5H,2-4H2,1H3,(H,10,11). The second-order valence-corrected chi connectivity index (χ2v) is 1.92. The van der Waals surface area contributed by atoms with E-state index in [1.165, 1.54) is 6.20 Å². The molecule has 0 saturated carbocycles. The van der Waals surface area contributed by atoms with Crippen LogP contribution in [0, 0.1) is 0 Å². The Balaban J connectivity index is 4.61. The molecule has 60 valence electrons. The Kier molecular flexibility index (Phi) is 3.88. The molecule has 1 N–H and O–H groups in total. The van der Waals surface area contributed by atoms with Gasteiger partial charge in [-0.2, -0.15) is 0 Å². The first kappa shape index (κ1) is 9.62. The lowest BCUT2D eigenvalue weighted by molar-refractivity contribution is -0.129. The maximum Gasteiger partial charge on any atom is 0.354 e. The van der Waals surface area contributed by atoms with Crippen LogP contribution in [0.5, 0.6) is 0 Å². The molecule has 0 aliphatic rings. The van der Waals surface area contributed by atoms with E-state index < -0.39 is 5.97 Å². The molecule has 0 amide bonds. The molecular weight excluding hydrogens is 142 g/mol. The zero-order valence-corrected chi connectivity index (χ0v) is 6.50. The van der Waals surface area contributed by atoms with Crippen LogP contribution in [0.3, 0.4) is 0 Å². The number of carboxylic acid groups (broad SMARTS) is 1. The first-order chi connectivity index (χ1) is 5.13. The Bertz CT molecular complexity index is 216. The molecule has 0 unspecified atom stereocenters. The van der Waals surface area contributed by atoms with Crippen LogP contribution < -0.4 is 0 Å². The average molecular weight is 153 g/mol. The van der Waals surface area contributed by atoms with Gasteiger partial charge < -0.3 is 5.11 Å². The molecular formula is C8H11NO2. The fraction of sp³-hybridized carbons (Fsp3) is 0.250. The van der Waals surface area contributed by atoms with E-state index in [0.717, 1.165) is 0 Å². The lowest BCUT2D eigenvalue weighted by atomic mass is 10.1. The average Bonchev–Trinajstić information content (AvgIpc) is 1.98. The monoisotopic (exact) mass is 153 g/mol. The molecule has 0 rings (SSSR count). The molecule has 0 aromatic heterocycles. The largest absolute Gasteiger partial charge is 0.477 e. The van der Waals surface area contributed by atoms with Crippen molar-refractivity contribution in [2.45, 2.75) is 13.3 Å². The molecule has 0 aliphatic carbocycles. The quantitative estimate of drug-likeness (QED) is 0.624. The van der Waals surface area contributed by atoms with Gasteiger partial charge in [0.25, 0.3) is 0 Å². The summed E-state index contributed by atoms with van der Waals surface area (Å²) in [4.78, 5) is 14.0. The Hall–Kier alpha value is -1.38. The van der Waals surface area contributed by atoms with Gasteiger partial charge in [-0.1, -0.05) is 20.1 Å². The van der Waals surface area contributed by atoms with Crippen molar-refractivity contribution in [2.24, 2.45) is 4.99 Å². The molecule has 0 aromatic carbocycles. The van der Waals surface area contributed by atoms with Crippen molar-refractivity contribution in [2.75, 3.05) is 0 Å². The van der Waals surface area contributed by atoms with Crippen molar-refractivity contribution in [3.05, 3.63) is 24.9 Å². The summed E-state index contributed by atoms with van der Waals surface area (Å²) in [7, 11) is 0. The topological polar surface area (TPSA) is 49.7 Å². The number of aliphatic imine (C=N–C) groups is 1. The number of hydrogen-bond donors (Lipinski definition) is 1. The molecule has 0 atom stereocenters. The molecule has 0 spiro atoms. The lowest BCUT2D eigenvalue weighted by Crippen LogP contribution is -2.14. The summed E-state index contributed by atoms with van der Waals surface area (Å²) >= 11 is 0. The van der Waals surface area contributed by atoms with E-state index in [9.17, 15) is 4.79 Å². The van der Waals surface area contributed by atoms with Gasteiger partial charge in [-0.3, -0.25) is 0 Å². The summed E-state index contributed by atoms with van der Waals surface area (Å²) in [6, 6.07) is 0. The normalized spacial score (nSPS) is 10.8. The van der Waals surface area contributed by atoms with E-state index in [1.54, 1.807) is 0 Å². The molecule has 0 saturated heterocycles. The van der Waals surface area contributed by atoms with Crippen LogP contribution in [-0.4, -0.2) is 16.8 Å². The number of hydrogen-bond acceptors (Lipinski definition) is 2. The zero-order valence-electron chi connectivity index (χ0n) is 6.50. The van der Waals surface area contributed by atoms with Crippen molar-refractivity contribution < 1.29 is 9.90 Å². The van der Waals surface area contributed by atoms with Crippen LogP contribution >= 0.6 is 0 Å². The molecule has 0 fully saturated rings. The minimum atomic E-state index is -1.06. The summed E-state index contributed by atoms with van der Waals surface area (Å²) in [6.07, 6.45) is 1.78. The Morgan fingerprint density at radius 3 is 2.55 bits per heavy atom. The van der Waals surface area contributed by atoms with Crippen LogP contribution in [0.25, 0.3) is 0 Å². The Labute approximate surface area is 65.8 Å².